The standard InChI is InChI=1S/C10H15BrOS/c1-8(2)3-5-12-7-10-9(11)4-6-13-10/h4,6,8H,3,5,7H2,1-2H3. The molecule has 74 valence electrons. The lowest BCUT2D eigenvalue weighted by atomic mass is 10.1. The number of hydrogen-bond donors (Lipinski definition) is 0. The molecule has 0 saturated carbocycles. The smallest absolute Gasteiger partial charge is 0.0820 e. The molecule has 0 N–H and O–H groups in total. The zero-order valence-corrected chi connectivity index (χ0v) is 10.5. The predicted octanol–water partition coefficient (Wildman–Crippen LogP) is 4.07. The van der Waals surface area contributed by atoms with Crippen molar-refractivity contribution in [3.8, 4) is 0 Å². The van der Waals surface area contributed by atoms with E-state index < -0.39 is 0 Å². The average Bonchev–Trinajstić information content (AvgIpc) is 2.45. The lowest BCUT2D eigenvalue weighted by Gasteiger charge is -2.05. The quantitative estimate of drug-likeness (QED) is 0.727. The van der Waals surface area contributed by atoms with Crippen LogP contribution in [-0.4, -0.2) is 6.61 Å². The molecular weight excluding hydrogens is 248 g/mol. The summed E-state index contributed by atoms with van der Waals surface area (Å²) in [6.45, 7) is 6.03. The van der Waals surface area contributed by atoms with Gasteiger partial charge in [0.25, 0.3) is 0 Å². The normalized spacial score (nSPS) is 11.1. The van der Waals surface area contributed by atoms with Gasteiger partial charge in [-0.2, -0.15) is 0 Å². The first-order chi connectivity index (χ1) is 6.20. The van der Waals surface area contributed by atoms with Gasteiger partial charge in [0.1, 0.15) is 0 Å². The zero-order chi connectivity index (χ0) is 9.68. The third-order valence-electron chi connectivity index (χ3n) is 1.76. The molecule has 1 heterocycles. The average molecular weight is 263 g/mol. The molecular formula is C10H15BrOS. The predicted molar refractivity (Wildman–Crippen MR) is 61.1 cm³/mol. The second-order valence-electron chi connectivity index (χ2n) is 3.43. The molecule has 0 aliphatic carbocycles. The van der Waals surface area contributed by atoms with Crippen LogP contribution in [0.15, 0.2) is 15.9 Å². The van der Waals surface area contributed by atoms with E-state index in [0.717, 1.165) is 25.6 Å². The Morgan fingerprint density at radius 3 is 2.85 bits per heavy atom. The molecule has 0 radical (unpaired) electrons. The maximum absolute atomic E-state index is 5.55. The fourth-order valence-corrected chi connectivity index (χ4v) is 2.31. The van der Waals surface area contributed by atoms with Gasteiger partial charge in [-0.3, -0.25) is 0 Å². The van der Waals surface area contributed by atoms with Crippen molar-refractivity contribution in [3.63, 3.8) is 0 Å². The Morgan fingerprint density at radius 2 is 2.31 bits per heavy atom. The maximum Gasteiger partial charge on any atom is 0.0820 e. The number of rotatable bonds is 5. The minimum absolute atomic E-state index is 0.728. The molecule has 3 heteroatoms. The van der Waals surface area contributed by atoms with Crippen molar-refractivity contribution in [3.05, 3.63) is 20.8 Å². The van der Waals surface area contributed by atoms with Gasteiger partial charge in [0, 0.05) is 16.0 Å². The van der Waals surface area contributed by atoms with Crippen LogP contribution in [0.25, 0.3) is 0 Å². The molecule has 13 heavy (non-hydrogen) atoms. The summed E-state index contributed by atoms with van der Waals surface area (Å²) in [7, 11) is 0. The number of thiophene rings is 1. The minimum atomic E-state index is 0.728. The van der Waals surface area contributed by atoms with Crippen LogP contribution < -0.4 is 0 Å². The van der Waals surface area contributed by atoms with Crippen molar-refractivity contribution in [2.24, 2.45) is 5.92 Å². The molecule has 0 aliphatic heterocycles. The first kappa shape index (κ1) is 11.2. The molecule has 0 aromatic carbocycles. The number of halogens is 1. The largest absolute Gasteiger partial charge is 0.376 e. The van der Waals surface area contributed by atoms with E-state index >= 15 is 0 Å². The summed E-state index contributed by atoms with van der Waals surface area (Å²) in [4.78, 5) is 1.28. The van der Waals surface area contributed by atoms with Gasteiger partial charge in [0.15, 0.2) is 0 Å². The Bertz CT molecular complexity index is 245. The van der Waals surface area contributed by atoms with Gasteiger partial charge >= 0.3 is 0 Å². The highest BCUT2D eigenvalue weighted by molar-refractivity contribution is 9.10. The van der Waals surface area contributed by atoms with Crippen molar-refractivity contribution in [2.75, 3.05) is 6.61 Å². The Morgan fingerprint density at radius 1 is 1.54 bits per heavy atom. The van der Waals surface area contributed by atoms with Crippen LogP contribution in [0.4, 0.5) is 0 Å². The fourth-order valence-electron chi connectivity index (χ4n) is 0.912. The molecule has 0 saturated heterocycles. The van der Waals surface area contributed by atoms with Crippen LogP contribution in [0.5, 0.6) is 0 Å². The Kier molecular flexibility index (Phi) is 4.99. The van der Waals surface area contributed by atoms with E-state index in [9.17, 15) is 0 Å². The van der Waals surface area contributed by atoms with Crippen molar-refractivity contribution < 1.29 is 4.74 Å². The van der Waals surface area contributed by atoms with Gasteiger partial charge in [0.2, 0.25) is 0 Å². The Hall–Kier alpha value is 0.140. The van der Waals surface area contributed by atoms with E-state index in [2.05, 4.69) is 41.2 Å². The first-order valence-corrected chi connectivity index (χ1v) is 6.17. The lowest BCUT2D eigenvalue weighted by Crippen LogP contribution is -1.98. The van der Waals surface area contributed by atoms with Crippen molar-refractivity contribution in [1.82, 2.24) is 0 Å². The topological polar surface area (TPSA) is 9.23 Å². The molecule has 0 aliphatic rings. The molecule has 0 atom stereocenters. The summed E-state index contributed by atoms with van der Waals surface area (Å²) in [5, 5.41) is 2.07. The van der Waals surface area contributed by atoms with E-state index in [0.29, 0.717) is 0 Å². The Labute approximate surface area is 92.2 Å². The maximum atomic E-state index is 5.55. The van der Waals surface area contributed by atoms with Gasteiger partial charge in [-0.1, -0.05) is 13.8 Å². The highest BCUT2D eigenvalue weighted by Crippen LogP contribution is 2.23. The summed E-state index contributed by atoms with van der Waals surface area (Å²) in [6.07, 6.45) is 1.14. The van der Waals surface area contributed by atoms with Gasteiger partial charge in [-0.15, -0.1) is 11.3 Å². The summed E-state index contributed by atoms with van der Waals surface area (Å²) >= 11 is 5.21. The van der Waals surface area contributed by atoms with Crippen molar-refractivity contribution in [1.29, 1.82) is 0 Å². The molecule has 1 aromatic rings. The monoisotopic (exact) mass is 262 g/mol. The Balaban J connectivity index is 2.17. The van der Waals surface area contributed by atoms with Gasteiger partial charge in [-0.25, -0.2) is 0 Å². The van der Waals surface area contributed by atoms with Crippen LogP contribution in [-0.2, 0) is 11.3 Å². The third kappa shape index (κ3) is 4.25. The lowest BCUT2D eigenvalue weighted by molar-refractivity contribution is 0.112. The first-order valence-electron chi connectivity index (χ1n) is 4.49. The van der Waals surface area contributed by atoms with Crippen LogP contribution >= 0.6 is 27.3 Å². The van der Waals surface area contributed by atoms with E-state index in [4.69, 9.17) is 4.74 Å². The highest BCUT2D eigenvalue weighted by Gasteiger charge is 2.01. The number of ether oxygens (including phenoxy) is 1. The second kappa shape index (κ2) is 5.78. The van der Waals surface area contributed by atoms with Gasteiger partial charge in [-0.05, 0) is 39.7 Å². The molecule has 0 spiro atoms. The van der Waals surface area contributed by atoms with Crippen molar-refractivity contribution in [2.45, 2.75) is 26.9 Å². The van der Waals surface area contributed by atoms with Crippen LogP contribution in [0.1, 0.15) is 25.1 Å². The van der Waals surface area contributed by atoms with Crippen LogP contribution in [0, 0.1) is 5.92 Å². The van der Waals surface area contributed by atoms with Crippen LogP contribution in [0.2, 0.25) is 0 Å². The van der Waals surface area contributed by atoms with E-state index in [1.807, 2.05) is 0 Å². The van der Waals surface area contributed by atoms with E-state index in [-0.39, 0.29) is 0 Å². The van der Waals surface area contributed by atoms with E-state index in [1.54, 1.807) is 11.3 Å². The SMILES string of the molecule is CC(C)CCOCc1sccc1Br. The molecule has 1 aromatic heterocycles. The second-order valence-corrected chi connectivity index (χ2v) is 5.28. The van der Waals surface area contributed by atoms with Gasteiger partial charge in [0.05, 0.1) is 6.61 Å². The fraction of sp³-hybridized carbons (Fsp3) is 0.600. The molecule has 0 amide bonds. The third-order valence-corrected chi connectivity index (χ3v) is 3.66. The van der Waals surface area contributed by atoms with Crippen molar-refractivity contribution >= 4 is 27.3 Å². The molecule has 0 fully saturated rings. The minimum Gasteiger partial charge on any atom is -0.376 e. The molecule has 0 unspecified atom stereocenters. The summed E-state index contributed by atoms with van der Waals surface area (Å²) in [6, 6.07) is 2.06. The van der Waals surface area contributed by atoms with Crippen LogP contribution in [0.3, 0.4) is 0 Å². The molecule has 1 nitrogen and oxygen atoms in total. The summed E-state index contributed by atoms with van der Waals surface area (Å²) in [5.41, 5.74) is 0. The summed E-state index contributed by atoms with van der Waals surface area (Å²) in [5.74, 6) is 0.728. The summed E-state index contributed by atoms with van der Waals surface area (Å²) < 4.78 is 6.72. The molecule has 0 bridgehead atoms. The molecule has 1 rings (SSSR count). The zero-order valence-electron chi connectivity index (χ0n) is 8.05. The van der Waals surface area contributed by atoms with E-state index in [1.165, 1.54) is 9.35 Å². The van der Waals surface area contributed by atoms with Gasteiger partial charge < -0.3 is 4.74 Å². The highest BCUT2D eigenvalue weighted by atomic mass is 79.9. The number of hydrogen-bond acceptors (Lipinski definition) is 2.